The molecule has 2 amide bonds. The standard InChI is InChI=1S/C24H18ClFN2O2/c1-14-9-10-20(15(2)11-14)21-22(27-18-7-4-6-17(26)13-18)24(30)28(23(21)29)19-8-3-5-16(25)12-19/h3-13,27H,1-2H3. The smallest absolute Gasteiger partial charge is 0.282 e. The van der Waals surface area contributed by atoms with Crippen LogP contribution in [0.4, 0.5) is 15.8 Å². The molecule has 0 fully saturated rings. The molecule has 0 bridgehead atoms. The Balaban J connectivity index is 1.87. The summed E-state index contributed by atoms with van der Waals surface area (Å²) in [6.07, 6.45) is 0. The lowest BCUT2D eigenvalue weighted by Crippen LogP contribution is -2.32. The molecule has 30 heavy (non-hydrogen) atoms. The summed E-state index contributed by atoms with van der Waals surface area (Å²) in [4.78, 5) is 27.8. The van der Waals surface area contributed by atoms with Gasteiger partial charge in [0.05, 0.1) is 11.3 Å². The number of benzene rings is 3. The molecule has 1 aliphatic heterocycles. The number of amides is 2. The Bertz CT molecular complexity index is 1220. The Morgan fingerprint density at radius 2 is 1.67 bits per heavy atom. The number of carbonyl (C=O) groups is 2. The minimum atomic E-state index is -0.526. The summed E-state index contributed by atoms with van der Waals surface area (Å²) in [5.74, 6) is -1.44. The van der Waals surface area contributed by atoms with Crippen molar-refractivity contribution in [2.45, 2.75) is 13.8 Å². The third kappa shape index (κ3) is 3.60. The van der Waals surface area contributed by atoms with Crippen molar-refractivity contribution in [1.29, 1.82) is 0 Å². The van der Waals surface area contributed by atoms with Crippen LogP contribution in [-0.2, 0) is 9.59 Å². The van der Waals surface area contributed by atoms with E-state index in [1.807, 2.05) is 32.0 Å². The molecule has 3 aromatic rings. The van der Waals surface area contributed by atoms with E-state index in [9.17, 15) is 14.0 Å². The molecule has 1 heterocycles. The van der Waals surface area contributed by atoms with Gasteiger partial charge in [-0.05, 0) is 61.4 Å². The van der Waals surface area contributed by atoms with Crippen molar-refractivity contribution < 1.29 is 14.0 Å². The SMILES string of the molecule is Cc1ccc(C2=C(Nc3cccc(F)c3)C(=O)N(c3cccc(Cl)c3)C2=O)c(C)c1. The van der Waals surface area contributed by atoms with Crippen LogP contribution in [0.25, 0.3) is 5.57 Å². The van der Waals surface area contributed by atoms with Gasteiger partial charge < -0.3 is 5.32 Å². The third-order valence-corrected chi connectivity index (χ3v) is 5.13. The Kier molecular flexibility index (Phi) is 5.14. The van der Waals surface area contributed by atoms with Gasteiger partial charge in [-0.1, -0.05) is 47.5 Å². The van der Waals surface area contributed by atoms with E-state index >= 15 is 0 Å². The first-order chi connectivity index (χ1) is 14.3. The van der Waals surface area contributed by atoms with Gasteiger partial charge in [0.15, 0.2) is 0 Å². The number of imide groups is 1. The number of carbonyl (C=O) groups excluding carboxylic acids is 2. The molecule has 3 aromatic carbocycles. The number of aryl methyl sites for hydroxylation is 2. The van der Waals surface area contributed by atoms with Crippen LogP contribution in [-0.4, -0.2) is 11.8 Å². The molecular formula is C24H18ClFN2O2. The molecule has 0 spiro atoms. The van der Waals surface area contributed by atoms with E-state index in [-0.39, 0.29) is 11.3 Å². The maximum Gasteiger partial charge on any atom is 0.282 e. The van der Waals surface area contributed by atoms with Crippen LogP contribution in [0.2, 0.25) is 5.02 Å². The monoisotopic (exact) mass is 420 g/mol. The highest BCUT2D eigenvalue weighted by Crippen LogP contribution is 2.35. The van der Waals surface area contributed by atoms with Crippen molar-refractivity contribution in [1.82, 2.24) is 0 Å². The Morgan fingerprint density at radius 3 is 2.37 bits per heavy atom. The second-order valence-corrected chi connectivity index (χ2v) is 7.57. The van der Waals surface area contributed by atoms with Crippen LogP contribution >= 0.6 is 11.6 Å². The predicted octanol–water partition coefficient (Wildman–Crippen LogP) is 5.49. The van der Waals surface area contributed by atoms with Crippen molar-refractivity contribution in [3.63, 3.8) is 0 Å². The van der Waals surface area contributed by atoms with E-state index in [0.29, 0.717) is 22.0 Å². The molecule has 1 N–H and O–H groups in total. The molecule has 0 atom stereocenters. The Labute approximate surface area is 178 Å². The summed E-state index contributed by atoms with van der Waals surface area (Å²) >= 11 is 6.08. The first-order valence-electron chi connectivity index (χ1n) is 9.34. The van der Waals surface area contributed by atoms with E-state index < -0.39 is 17.6 Å². The molecule has 0 aliphatic carbocycles. The second-order valence-electron chi connectivity index (χ2n) is 7.13. The summed E-state index contributed by atoms with van der Waals surface area (Å²) in [5, 5.41) is 3.37. The molecule has 0 saturated carbocycles. The Morgan fingerprint density at radius 1 is 0.900 bits per heavy atom. The number of rotatable bonds is 4. The Hall–Kier alpha value is -3.44. The van der Waals surface area contributed by atoms with Crippen LogP contribution in [0.3, 0.4) is 0 Å². The minimum Gasteiger partial charge on any atom is -0.350 e. The van der Waals surface area contributed by atoms with Crippen molar-refractivity contribution in [2.24, 2.45) is 0 Å². The van der Waals surface area contributed by atoms with E-state index in [4.69, 9.17) is 11.6 Å². The fraction of sp³-hybridized carbons (Fsp3) is 0.0833. The largest absolute Gasteiger partial charge is 0.350 e. The van der Waals surface area contributed by atoms with E-state index in [1.165, 1.54) is 18.2 Å². The van der Waals surface area contributed by atoms with Crippen molar-refractivity contribution in [3.8, 4) is 0 Å². The van der Waals surface area contributed by atoms with Gasteiger partial charge in [-0.2, -0.15) is 0 Å². The third-order valence-electron chi connectivity index (χ3n) is 4.90. The first-order valence-corrected chi connectivity index (χ1v) is 9.72. The normalized spacial score (nSPS) is 13.9. The van der Waals surface area contributed by atoms with Crippen LogP contribution in [0.15, 0.2) is 72.4 Å². The van der Waals surface area contributed by atoms with Gasteiger partial charge in [-0.3, -0.25) is 9.59 Å². The van der Waals surface area contributed by atoms with E-state index in [2.05, 4.69) is 5.32 Å². The molecule has 1 aliphatic rings. The topological polar surface area (TPSA) is 49.4 Å². The lowest BCUT2D eigenvalue weighted by atomic mass is 9.97. The number of nitrogens with zero attached hydrogens (tertiary/aromatic N) is 1. The summed E-state index contributed by atoms with van der Waals surface area (Å²) in [7, 11) is 0. The average molecular weight is 421 g/mol. The lowest BCUT2D eigenvalue weighted by molar-refractivity contribution is -0.120. The molecule has 6 heteroatoms. The number of hydrogen-bond donors (Lipinski definition) is 1. The van der Waals surface area contributed by atoms with Gasteiger partial charge in [0, 0.05) is 10.7 Å². The zero-order chi connectivity index (χ0) is 21.4. The predicted molar refractivity (Wildman–Crippen MR) is 117 cm³/mol. The quantitative estimate of drug-likeness (QED) is 0.567. The van der Waals surface area contributed by atoms with Crippen LogP contribution < -0.4 is 10.2 Å². The van der Waals surface area contributed by atoms with Gasteiger partial charge in [-0.25, -0.2) is 9.29 Å². The number of hydrogen-bond acceptors (Lipinski definition) is 3. The summed E-state index contributed by atoms with van der Waals surface area (Å²) in [6, 6.07) is 17.9. The zero-order valence-electron chi connectivity index (χ0n) is 16.4. The lowest BCUT2D eigenvalue weighted by Gasteiger charge is -2.16. The molecule has 4 rings (SSSR count). The van der Waals surface area contributed by atoms with Crippen molar-refractivity contribution in [2.75, 3.05) is 10.2 Å². The molecule has 4 nitrogen and oxygen atoms in total. The molecule has 150 valence electrons. The summed E-state index contributed by atoms with van der Waals surface area (Å²) in [6.45, 7) is 3.84. The number of anilines is 2. The second kappa shape index (κ2) is 7.76. The van der Waals surface area contributed by atoms with Gasteiger partial charge >= 0.3 is 0 Å². The van der Waals surface area contributed by atoms with Crippen molar-refractivity contribution in [3.05, 3.63) is 100.0 Å². The van der Waals surface area contributed by atoms with Gasteiger partial charge in [-0.15, -0.1) is 0 Å². The molecule has 0 saturated heterocycles. The maximum atomic E-state index is 13.7. The highest BCUT2D eigenvalue weighted by Gasteiger charge is 2.40. The van der Waals surface area contributed by atoms with E-state index in [1.54, 1.807) is 30.3 Å². The van der Waals surface area contributed by atoms with Gasteiger partial charge in [0.2, 0.25) is 0 Å². The summed E-state index contributed by atoms with van der Waals surface area (Å²) in [5.41, 5.74) is 3.62. The fourth-order valence-corrected chi connectivity index (χ4v) is 3.73. The van der Waals surface area contributed by atoms with Gasteiger partial charge in [0.25, 0.3) is 11.8 Å². The average Bonchev–Trinajstić information content (AvgIpc) is 2.92. The summed E-state index contributed by atoms with van der Waals surface area (Å²) < 4.78 is 13.7. The van der Waals surface area contributed by atoms with Crippen LogP contribution in [0.1, 0.15) is 16.7 Å². The highest BCUT2D eigenvalue weighted by molar-refractivity contribution is 6.46. The van der Waals surface area contributed by atoms with Gasteiger partial charge in [0.1, 0.15) is 11.5 Å². The maximum absolute atomic E-state index is 13.7. The molecule has 0 unspecified atom stereocenters. The molecule has 0 aromatic heterocycles. The number of halogens is 2. The number of nitrogens with one attached hydrogen (secondary N) is 1. The first kappa shape index (κ1) is 19.9. The van der Waals surface area contributed by atoms with Crippen LogP contribution in [0.5, 0.6) is 0 Å². The molecule has 0 radical (unpaired) electrons. The van der Waals surface area contributed by atoms with E-state index in [0.717, 1.165) is 16.0 Å². The zero-order valence-corrected chi connectivity index (χ0v) is 17.1. The molecular weight excluding hydrogens is 403 g/mol. The minimum absolute atomic E-state index is 0.0949. The van der Waals surface area contributed by atoms with Crippen LogP contribution in [0, 0.1) is 19.7 Å². The highest BCUT2D eigenvalue weighted by atomic mass is 35.5. The fourth-order valence-electron chi connectivity index (χ4n) is 3.55. The van der Waals surface area contributed by atoms with Crippen molar-refractivity contribution >= 4 is 40.4 Å².